The van der Waals surface area contributed by atoms with Crippen LogP contribution < -0.4 is 44.6 Å². The third kappa shape index (κ3) is 13.9. The largest absolute Gasteiger partial charge is 0.370 e. The van der Waals surface area contributed by atoms with Crippen molar-refractivity contribution in [3.8, 4) is 0 Å². The number of unbranched alkanes of at least 4 members (excludes halogenated alkanes) is 1. The first-order valence-corrected chi connectivity index (χ1v) is 15.4. The van der Waals surface area contributed by atoms with Gasteiger partial charge < -0.3 is 44.6 Å². The molecule has 1 saturated carbocycles. The summed E-state index contributed by atoms with van der Waals surface area (Å²) >= 11 is 0. The number of nitrogens with zero attached hydrogens (tertiary/aromatic N) is 1. The summed E-state index contributed by atoms with van der Waals surface area (Å²) in [6.07, 6.45) is 8.12. The maximum atomic E-state index is 13.6. The van der Waals surface area contributed by atoms with Gasteiger partial charge in [0.1, 0.15) is 18.1 Å². The molecule has 2 rings (SSSR count). The smallest absolute Gasteiger partial charge is 0.243 e. The van der Waals surface area contributed by atoms with E-state index in [1.807, 2.05) is 30.3 Å². The number of primary amides is 1. The Morgan fingerprint density at radius 3 is 2.02 bits per heavy atom. The zero-order valence-electron chi connectivity index (χ0n) is 25.1. The molecule has 1 fully saturated rings. The molecular formula is C30H51N9O4. The van der Waals surface area contributed by atoms with Crippen LogP contribution in [0, 0.1) is 5.92 Å². The molecule has 1 aliphatic rings. The average Bonchev–Trinajstić information content (AvgIpc) is 2.98. The first-order chi connectivity index (χ1) is 20.6. The Bertz CT molecular complexity index is 1040. The molecule has 0 saturated heterocycles. The number of carbonyl (C=O) groups is 4. The summed E-state index contributed by atoms with van der Waals surface area (Å²) < 4.78 is 0. The minimum absolute atomic E-state index is 0.0744. The van der Waals surface area contributed by atoms with Gasteiger partial charge in [0.2, 0.25) is 23.6 Å². The fourth-order valence-electron chi connectivity index (χ4n) is 5.32. The highest BCUT2D eigenvalue weighted by atomic mass is 16.2. The van der Waals surface area contributed by atoms with E-state index in [1.165, 1.54) is 0 Å². The molecule has 4 unspecified atom stereocenters. The van der Waals surface area contributed by atoms with Crippen LogP contribution in [0.4, 0.5) is 0 Å². The van der Waals surface area contributed by atoms with Gasteiger partial charge >= 0.3 is 0 Å². The maximum Gasteiger partial charge on any atom is 0.243 e. The van der Waals surface area contributed by atoms with Gasteiger partial charge in [-0.25, -0.2) is 0 Å². The number of rotatable bonds is 19. The quantitative estimate of drug-likeness (QED) is 0.0590. The van der Waals surface area contributed by atoms with Gasteiger partial charge in [-0.2, -0.15) is 0 Å². The minimum Gasteiger partial charge on any atom is -0.370 e. The standard InChI is InChI=1S/C30H51N9O4/c31-16-8-7-14-23(26(33)40)37-29(43)25(19-21-12-5-2-6-13-21)39-28(42)24(15-9-17-36-30(34)35)38-27(41)22(32)18-20-10-3-1-4-11-20/h1,3-4,10-11,21-25H,2,5-9,12-19,31-32H2,(H2,33,40)(H,37,43)(H,38,41)(H,39,42)(H4,34,35,36). The summed E-state index contributed by atoms with van der Waals surface area (Å²) in [6, 6.07) is 5.67. The van der Waals surface area contributed by atoms with E-state index in [0.717, 1.165) is 37.7 Å². The molecule has 0 spiro atoms. The molecule has 13 heteroatoms. The first kappa shape index (κ1) is 35.5. The molecule has 0 bridgehead atoms. The van der Waals surface area contributed by atoms with E-state index in [-0.39, 0.29) is 24.8 Å². The van der Waals surface area contributed by atoms with E-state index in [1.54, 1.807) is 0 Å². The molecule has 13 nitrogen and oxygen atoms in total. The van der Waals surface area contributed by atoms with Gasteiger partial charge in [0.05, 0.1) is 6.04 Å². The molecule has 4 atom stereocenters. The Hall–Kier alpha value is -3.71. The van der Waals surface area contributed by atoms with Crippen LogP contribution in [-0.2, 0) is 25.6 Å². The summed E-state index contributed by atoms with van der Waals surface area (Å²) in [7, 11) is 0. The van der Waals surface area contributed by atoms with Crippen LogP contribution in [0.5, 0.6) is 0 Å². The molecule has 0 aliphatic heterocycles. The van der Waals surface area contributed by atoms with Crippen LogP contribution in [0.25, 0.3) is 0 Å². The number of carbonyl (C=O) groups excluding carboxylic acids is 4. The summed E-state index contributed by atoms with van der Waals surface area (Å²) in [4.78, 5) is 56.2. The van der Waals surface area contributed by atoms with Gasteiger partial charge in [-0.15, -0.1) is 0 Å². The Balaban J connectivity index is 2.18. The number of aliphatic imine (C=N–C) groups is 1. The van der Waals surface area contributed by atoms with Gasteiger partial charge in [-0.1, -0.05) is 62.4 Å². The van der Waals surface area contributed by atoms with Crippen molar-refractivity contribution in [3.63, 3.8) is 0 Å². The lowest BCUT2D eigenvalue weighted by Crippen LogP contribution is -2.58. The van der Waals surface area contributed by atoms with E-state index in [9.17, 15) is 19.2 Å². The van der Waals surface area contributed by atoms with E-state index in [2.05, 4.69) is 20.9 Å². The zero-order valence-corrected chi connectivity index (χ0v) is 25.1. The predicted molar refractivity (Wildman–Crippen MR) is 167 cm³/mol. The predicted octanol–water partition coefficient (Wildman–Crippen LogP) is -0.351. The molecule has 4 amide bonds. The van der Waals surface area contributed by atoms with E-state index >= 15 is 0 Å². The second-order valence-corrected chi connectivity index (χ2v) is 11.4. The molecule has 13 N–H and O–H groups in total. The molecule has 0 heterocycles. The van der Waals surface area contributed by atoms with Crippen molar-refractivity contribution in [2.24, 2.45) is 39.6 Å². The highest BCUT2D eigenvalue weighted by molar-refractivity contribution is 5.94. The van der Waals surface area contributed by atoms with Crippen LogP contribution in [0.1, 0.15) is 76.2 Å². The lowest BCUT2D eigenvalue weighted by atomic mass is 9.84. The SMILES string of the molecule is NCCCCC(NC(=O)C(CC1CCCCC1)NC(=O)C(CCCN=C(N)N)NC(=O)C(N)Cc1ccccc1)C(N)=O. The van der Waals surface area contributed by atoms with Gasteiger partial charge in [0.25, 0.3) is 0 Å². The lowest BCUT2D eigenvalue weighted by molar-refractivity contribution is -0.134. The number of amides is 4. The van der Waals surface area contributed by atoms with Gasteiger partial charge in [-0.05, 0) is 63.0 Å². The van der Waals surface area contributed by atoms with Crippen LogP contribution in [0.15, 0.2) is 35.3 Å². The second kappa shape index (κ2) is 19.5. The van der Waals surface area contributed by atoms with Crippen LogP contribution in [0.3, 0.4) is 0 Å². The molecule has 0 aromatic heterocycles. The number of nitrogens with two attached hydrogens (primary N) is 5. The molecular weight excluding hydrogens is 550 g/mol. The summed E-state index contributed by atoms with van der Waals surface area (Å²) in [5.41, 5.74) is 29.1. The molecule has 43 heavy (non-hydrogen) atoms. The fourth-order valence-corrected chi connectivity index (χ4v) is 5.32. The highest BCUT2D eigenvalue weighted by Gasteiger charge is 2.31. The monoisotopic (exact) mass is 601 g/mol. The van der Waals surface area contributed by atoms with Crippen molar-refractivity contribution in [2.45, 2.75) is 101 Å². The molecule has 1 aliphatic carbocycles. The third-order valence-corrected chi connectivity index (χ3v) is 7.75. The van der Waals surface area contributed by atoms with Gasteiger partial charge in [0, 0.05) is 6.54 Å². The number of guanidine groups is 1. The summed E-state index contributed by atoms with van der Waals surface area (Å²) in [6.45, 7) is 0.720. The Labute approximate surface area is 254 Å². The zero-order chi connectivity index (χ0) is 31.6. The number of benzene rings is 1. The van der Waals surface area contributed by atoms with Crippen LogP contribution >= 0.6 is 0 Å². The van der Waals surface area contributed by atoms with Crippen LogP contribution in [0.2, 0.25) is 0 Å². The highest BCUT2D eigenvalue weighted by Crippen LogP contribution is 2.27. The third-order valence-electron chi connectivity index (χ3n) is 7.75. The van der Waals surface area contributed by atoms with E-state index in [4.69, 9.17) is 28.7 Å². The topological polar surface area (TPSA) is 247 Å². The number of nitrogens with one attached hydrogen (secondary N) is 3. The van der Waals surface area contributed by atoms with E-state index < -0.39 is 47.8 Å². The van der Waals surface area contributed by atoms with Gasteiger partial charge in [0.15, 0.2) is 5.96 Å². The van der Waals surface area contributed by atoms with Crippen molar-refractivity contribution in [3.05, 3.63) is 35.9 Å². The van der Waals surface area contributed by atoms with E-state index in [0.29, 0.717) is 45.1 Å². The van der Waals surface area contributed by atoms with Gasteiger partial charge in [-0.3, -0.25) is 24.2 Å². The number of hydrogen-bond acceptors (Lipinski definition) is 7. The van der Waals surface area contributed by atoms with Crippen molar-refractivity contribution in [2.75, 3.05) is 13.1 Å². The van der Waals surface area contributed by atoms with Crippen molar-refractivity contribution in [1.29, 1.82) is 0 Å². The minimum atomic E-state index is -0.985. The molecule has 1 aromatic carbocycles. The molecule has 240 valence electrons. The Morgan fingerprint density at radius 2 is 1.40 bits per heavy atom. The van der Waals surface area contributed by atoms with Crippen LogP contribution in [-0.4, -0.2) is 66.8 Å². The second-order valence-electron chi connectivity index (χ2n) is 11.4. The Kier molecular flexibility index (Phi) is 16.1. The number of hydrogen-bond donors (Lipinski definition) is 8. The molecule has 0 radical (unpaired) electrons. The van der Waals surface area contributed by atoms with Crippen molar-refractivity contribution < 1.29 is 19.2 Å². The van der Waals surface area contributed by atoms with Crippen molar-refractivity contribution >= 4 is 29.6 Å². The summed E-state index contributed by atoms with van der Waals surface area (Å²) in [5, 5.41) is 8.36. The summed E-state index contributed by atoms with van der Waals surface area (Å²) in [5.74, 6) is -1.99. The Morgan fingerprint density at radius 1 is 0.791 bits per heavy atom. The lowest BCUT2D eigenvalue weighted by Gasteiger charge is -2.29. The average molecular weight is 602 g/mol. The maximum absolute atomic E-state index is 13.6. The molecule has 1 aromatic rings. The normalized spacial score (nSPS) is 16.2. The van der Waals surface area contributed by atoms with Crippen molar-refractivity contribution in [1.82, 2.24) is 16.0 Å². The fraction of sp³-hybridized carbons (Fsp3) is 0.633. The first-order valence-electron chi connectivity index (χ1n) is 15.4.